The number of ether oxygens (including phenoxy) is 6. The first-order chi connectivity index (χ1) is 24.1. The molecule has 0 aromatic heterocycles. The number of methoxy groups -OCH3 is 1. The van der Waals surface area contributed by atoms with E-state index in [0.29, 0.717) is 19.4 Å². The number of fused-ring (bicyclic) bond motifs is 2. The Kier molecular flexibility index (Phi) is 14.3. The Morgan fingerprint density at radius 2 is 1.63 bits per heavy atom. The van der Waals surface area contributed by atoms with Gasteiger partial charge in [-0.25, -0.2) is 0 Å². The zero-order chi connectivity index (χ0) is 39.1. The zero-order valence-electron chi connectivity index (χ0n) is 33.5. The summed E-state index contributed by atoms with van der Waals surface area (Å²) in [5, 5.41) is 49.0. The minimum absolute atomic E-state index is 0.112. The molecule has 52 heavy (non-hydrogen) atoms. The van der Waals surface area contributed by atoms with E-state index < -0.39 is 108 Å². The highest BCUT2D eigenvalue weighted by Crippen LogP contribution is 2.47. The van der Waals surface area contributed by atoms with Gasteiger partial charge in [-0.05, 0) is 73.4 Å². The Hall–Kier alpha value is -1.04. The second-order valence-corrected chi connectivity index (χ2v) is 17.1. The van der Waals surface area contributed by atoms with Crippen LogP contribution in [0.1, 0.15) is 94.9 Å². The fourth-order valence-electron chi connectivity index (χ4n) is 9.45. The minimum atomic E-state index is -1.91. The molecule has 1 amide bonds. The molecule has 14 heteroatoms. The molecule has 5 N–H and O–H groups in total. The van der Waals surface area contributed by atoms with E-state index in [4.69, 9.17) is 28.4 Å². The zero-order valence-corrected chi connectivity index (χ0v) is 33.5. The van der Waals surface area contributed by atoms with Crippen LogP contribution in [0.4, 0.5) is 4.39 Å². The smallest absolute Gasteiger partial charge is 0.225 e. The van der Waals surface area contributed by atoms with Gasteiger partial charge in [0.1, 0.15) is 17.8 Å². The highest BCUT2D eigenvalue weighted by molar-refractivity contribution is 5.79. The molecule has 13 nitrogen and oxygen atoms in total. The van der Waals surface area contributed by atoms with Crippen molar-refractivity contribution in [3.63, 3.8) is 0 Å². The number of nitrogens with one attached hydrogen (secondary N) is 1. The lowest BCUT2D eigenvalue weighted by molar-refractivity contribution is -0.318. The third-order valence-electron chi connectivity index (χ3n) is 13.0. The largest absolute Gasteiger partial charge is 0.390 e. The molecule has 0 aromatic carbocycles. The predicted octanol–water partition coefficient (Wildman–Crippen LogP) is 2.54. The van der Waals surface area contributed by atoms with Gasteiger partial charge >= 0.3 is 0 Å². The molecule has 0 saturated carbocycles. The van der Waals surface area contributed by atoms with E-state index in [-0.39, 0.29) is 30.9 Å². The van der Waals surface area contributed by atoms with Gasteiger partial charge in [-0.15, -0.1) is 0 Å². The number of carbonyl (C=O) groups excluding carboxylic acids is 1. The fourth-order valence-corrected chi connectivity index (χ4v) is 9.45. The summed E-state index contributed by atoms with van der Waals surface area (Å²) in [5.74, 6) is -2.81. The summed E-state index contributed by atoms with van der Waals surface area (Å²) in [4.78, 5) is 16.3. The van der Waals surface area contributed by atoms with Crippen LogP contribution >= 0.6 is 0 Å². The SMILES string of the molecule is CCN(C)[C@H]1C[C@@H](C)O[C@@H](O[C@@H]2[C@@H](C)[C@H](O[C@H]3C[C@@](C)(OC)C(O)[C@H](C)O3)[C@@H](C)C(=O)N[C@@H](CCF)[C@@](C)(O)[C@H](O)[C@H](C)[C@@H]3O[C@]2(C)C[C@H]3C)[C@@H]1O. The second-order valence-electron chi connectivity index (χ2n) is 17.1. The number of rotatable bonds is 9. The van der Waals surface area contributed by atoms with Crippen molar-refractivity contribution in [2.45, 2.75) is 185 Å². The quantitative estimate of drug-likeness (QED) is 0.234. The van der Waals surface area contributed by atoms with Gasteiger partial charge in [0.25, 0.3) is 0 Å². The van der Waals surface area contributed by atoms with Crippen molar-refractivity contribution in [2.24, 2.45) is 23.7 Å². The summed E-state index contributed by atoms with van der Waals surface area (Å²) in [5.41, 5.74) is -3.96. The molecule has 0 radical (unpaired) electrons. The summed E-state index contributed by atoms with van der Waals surface area (Å²) in [6.45, 7) is 18.1. The Balaban J connectivity index is 1.84. The number of nitrogens with zero attached hydrogens (tertiary/aromatic N) is 1. The van der Waals surface area contributed by atoms with Crippen LogP contribution in [0.3, 0.4) is 0 Å². The van der Waals surface area contributed by atoms with E-state index in [1.54, 1.807) is 27.7 Å². The van der Waals surface area contributed by atoms with Crippen molar-refractivity contribution in [1.29, 1.82) is 0 Å². The molecule has 0 aliphatic carbocycles. The maximum absolute atomic E-state index is 14.3. The number of likely N-dealkylation sites (N-methyl/N-ethyl adjacent to an activating group) is 1. The minimum Gasteiger partial charge on any atom is -0.390 e. The van der Waals surface area contributed by atoms with Crippen LogP contribution in [0.15, 0.2) is 0 Å². The van der Waals surface area contributed by atoms with Crippen molar-refractivity contribution in [1.82, 2.24) is 10.2 Å². The highest BCUT2D eigenvalue weighted by atomic mass is 19.1. The number of halogens is 1. The van der Waals surface area contributed by atoms with Crippen LogP contribution in [0.5, 0.6) is 0 Å². The van der Waals surface area contributed by atoms with Gasteiger partial charge in [0.05, 0.1) is 66.5 Å². The lowest BCUT2D eigenvalue weighted by Gasteiger charge is -2.49. The Labute approximate surface area is 310 Å². The van der Waals surface area contributed by atoms with Crippen molar-refractivity contribution in [2.75, 3.05) is 27.4 Å². The number of hydrogen-bond acceptors (Lipinski definition) is 12. The molecule has 0 spiro atoms. The number of alkyl halides is 1. The lowest BCUT2D eigenvalue weighted by atomic mass is 9.75. The van der Waals surface area contributed by atoms with Gasteiger partial charge in [-0.3, -0.25) is 9.18 Å². The molecule has 4 fully saturated rings. The van der Waals surface area contributed by atoms with Gasteiger partial charge in [-0.2, -0.15) is 0 Å². The first kappa shape index (κ1) is 43.7. The Morgan fingerprint density at radius 1 is 0.981 bits per heavy atom. The molecule has 0 aromatic rings. The predicted molar refractivity (Wildman–Crippen MR) is 191 cm³/mol. The van der Waals surface area contributed by atoms with Crippen molar-refractivity contribution in [3.8, 4) is 0 Å². The van der Waals surface area contributed by atoms with Crippen molar-refractivity contribution in [3.05, 3.63) is 0 Å². The van der Waals surface area contributed by atoms with E-state index in [1.807, 2.05) is 41.7 Å². The van der Waals surface area contributed by atoms with Crippen LogP contribution in [0.2, 0.25) is 0 Å². The average molecular weight is 749 g/mol. The standard InChI is InChI=1S/C38H69FN2O11/c1-13-41(11)25-16-20(3)48-35(28(25)42)51-33-22(5)30(50-27-18-36(8,47-12)32(44)24(7)49-27)23(6)34(45)40-26(14-15-39)38(10,46)31(43)21(4)29-19(2)17-37(33,9)52-29/h19-33,35,42-44,46H,13-18H2,1-12H3,(H,40,45)/t19-,20-,21-,22+,23-,24+,25+,26+,27+,28-,29-,30+,31-,32?,33-,35+,36-,37-,38-/m1/s1. The van der Waals surface area contributed by atoms with E-state index in [9.17, 15) is 29.6 Å². The fraction of sp³-hybridized carbons (Fsp3) is 0.974. The summed E-state index contributed by atoms with van der Waals surface area (Å²) < 4.78 is 52.9. The van der Waals surface area contributed by atoms with Gasteiger partial charge < -0.3 is 59.1 Å². The molecular weight excluding hydrogens is 679 g/mol. The van der Waals surface area contributed by atoms with E-state index in [1.165, 1.54) is 14.0 Å². The monoisotopic (exact) mass is 748 g/mol. The third-order valence-corrected chi connectivity index (χ3v) is 13.0. The highest BCUT2D eigenvalue weighted by Gasteiger charge is 2.57. The van der Waals surface area contributed by atoms with Crippen molar-refractivity contribution >= 4 is 5.91 Å². The summed E-state index contributed by atoms with van der Waals surface area (Å²) in [6.07, 6.45) is -7.44. The number of carbonyl (C=O) groups is 1. The summed E-state index contributed by atoms with van der Waals surface area (Å²) in [6, 6.07) is -1.36. The van der Waals surface area contributed by atoms with E-state index in [0.717, 1.165) is 0 Å². The molecule has 19 atom stereocenters. The Morgan fingerprint density at radius 3 is 2.23 bits per heavy atom. The third kappa shape index (κ3) is 8.67. The van der Waals surface area contributed by atoms with Gasteiger partial charge in [0.2, 0.25) is 5.91 Å². The molecular formula is C38H69FN2O11. The van der Waals surface area contributed by atoms with Gasteiger partial charge in [0, 0.05) is 31.4 Å². The topological polar surface area (TPSA) is 169 Å². The second kappa shape index (κ2) is 17.0. The molecule has 4 aliphatic rings. The van der Waals surface area contributed by atoms with Crippen LogP contribution in [0, 0.1) is 23.7 Å². The van der Waals surface area contributed by atoms with E-state index >= 15 is 0 Å². The normalized spacial score (nSPS) is 51.0. The summed E-state index contributed by atoms with van der Waals surface area (Å²) >= 11 is 0. The van der Waals surface area contributed by atoms with Crippen LogP contribution < -0.4 is 5.32 Å². The summed E-state index contributed by atoms with van der Waals surface area (Å²) in [7, 11) is 3.47. The first-order valence-electron chi connectivity index (χ1n) is 19.3. The van der Waals surface area contributed by atoms with Gasteiger partial charge in [0.15, 0.2) is 12.6 Å². The van der Waals surface area contributed by atoms with E-state index in [2.05, 4.69) is 10.2 Å². The van der Waals surface area contributed by atoms with Gasteiger partial charge in [-0.1, -0.05) is 34.6 Å². The average Bonchev–Trinajstić information content (AvgIpc) is 3.41. The first-order valence-corrected chi connectivity index (χ1v) is 19.3. The van der Waals surface area contributed by atoms with Crippen molar-refractivity contribution < 1.29 is 58.0 Å². The molecule has 4 heterocycles. The number of aliphatic hydroxyl groups is 4. The maximum atomic E-state index is 14.3. The molecule has 4 saturated heterocycles. The number of aliphatic hydroxyl groups excluding tert-OH is 3. The van der Waals surface area contributed by atoms with Crippen LogP contribution in [-0.2, 0) is 33.2 Å². The maximum Gasteiger partial charge on any atom is 0.225 e. The number of hydrogen-bond donors (Lipinski definition) is 5. The lowest BCUT2D eigenvalue weighted by Crippen LogP contribution is -2.62. The molecule has 4 rings (SSSR count). The Bertz CT molecular complexity index is 1190. The van der Waals surface area contributed by atoms with Crippen LogP contribution in [-0.4, -0.2) is 149 Å². The molecule has 4 aliphatic heterocycles. The molecule has 1 unspecified atom stereocenters. The molecule has 304 valence electrons. The molecule has 2 bridgehead atoms. The number of amides is 1. The van der Waals surface area contributed by atoms with Crippen LogP contribution in [0.25, 0.3) is 0 Å².